The third kappa shape index (κ3) is 2.52. The third-order valence-electron chi connectivity index (χ3n) is 4.70. The van der Waals surface area contributed by atoms with Gasteiger partial charge >= 0.3 is 6.03 Å². The number of urea groups is 1. The van der Waals surface area contributed by atoms with E-state index >= 15 is 0 Å². The summed E-state index contributed by atoms with van der Waals surface area (Å²) in [5.41, 5.74) is 4.58. The molecule has 1 aliphatic carbocycles. The van der Waals surface area contributed by atoms with Gasteiger partial charge in [-0.05, 0) is 42.3 Å². The Bertz CT molecular complexity index is 918. The minimum atomic E-state index is -0.204. The molecule has 4 rings (SSSR count). The summed E-state index contributed by atoms with van der Waals surface area (Å²) in [5.74, 6) is 0. The van der Waals surface area contributed by atoms with Gasteiger partial charge in [0.25, 0.3) is 0 Å². The van der Waals surface area contributed by atoms with Crippen LogP contribution in [0, 0.1) is 0 Å². The second-order valence-corrected chi connectivity index (χ2v) is 6.38. The van der Waals surface area contributed by atoms with E-state index in [0.29, 0.717) is 0 Å². The first-order valence-corrected chi connectivity index (χ1v) is 8.21. The number of rotatable bonds is 3. The molecule has 1 heterocycles. The molecule has 0 bridgehead atoms. The van der Waals surface area contributed by atoms with Gasteiger partial charge in [0.05, 0.1) is 17.9 Å². The summed E-state index contributed by atoms with van der Waals surface area (Å²) >= 11 is 0. The van der Waals surface area contributed by atoms with Gasteiger partial charge in [0.15, 0.2) is 0 Å². The molecule has 122 valence electrons. The lowest BCUT2D eigenvalue weighted by atomic mass is 10.0. The maximum Gasteiger partial charge on any atom is 0.319 e. The quantitative estimate of drug-likeness (QED) is 0.775. The van der Waals surface area contributed by atoms with Crippen molar-refractivity contribution in [1.29, 1.82) is 0 Å². The summed E-state index contributed by atoms with van der Waals surface area (Å²) in [4.78, 5) is 12.4. The number of anilines is 1. The number of carbonyl (C=O) groups is 1. The van der Waals surface area contributed by atoms with Gasteiger partial charge in [0.1, 0.15) is 0 Å². The summed E-state index contributed by atoms with van der Waals surface area (Å²) in [6.07, 6.45) is 5.84. The van der Waals surface area contributed by atoms with Crippen LogP contribution in [-0.2, 0) is 19.9 Å². The van der Waals surface area contributed by atoms with Gasteiger partial charge in [-0.2, -0.15) is 5.10 Å². The molecule has 2 amide bonds. The number of carbonyl (C=O) groups excluding carboxylic acids is 1. The summed E-state index contributed by atoms with van der Waals surface area (Å²) < 4.78 is 1.73. The van der Waals surface area contributed by atoms with Crippen LogP contribution in [0.3, 0.4) is 0 Å². The highest BCUT2D eigenvalue weighted by Gasteiger charge is 2.17. The van der Waals surface area contributed by atoms with E-state index in [0.717, 1.165) is 29.5 Å². The fraction of sp³-hybridized carbons (Fsp3) is 0.263. The predicted molar refractivity (Wildman–Crippen MR) is 95.1 cm³/mol. The van der Waals surface area contributed by atoms with Gasteiger partial charge in [-0.25, -0.2) is 4.79 Å². The number of hydrogen-bond acceptors (Lipinski definition) is 2. The molecule has 2 N–H and O–H groups in total. The van der Waals surface area contributed by atoms with Crippen molar-refractivity contribution in [3.8, 4) is 0 Å². The Labute approximate surface area is 140 Å². The highest BCUT2D eigenvalue weighted by Crippen LogP contribution is 2.34. The molecule has 3 aromatic rings. The summed E-state index contributed by atoms with van der Waals surface area (Å²) in [6, 6.07) is 10.1. The van der Waals surface area contributed by atoms with E-state index in [9.17, 15) is 4.79 Å². The second-order valence-electron chi connectivity index (χ2n) is 6.38. The summed E-state index contributed by atoms with van der Waals surface area (Å²) in [7, 11) is 1.86. The van der Waals surface area contributed by atoms with Gasteiger partial charge in [-0.3, -0.25) is 4.68 Å². The Hall–Kier alpha value is -2.82. The van der Waals surface area contributed by atoms with Crippen molar-refractivity contribution < 1.29 is 4.79 Å². The molecular weight excluding hydrogens is 300 g/mol. The molecule has 24 heavy (non-hydrogen) atoms. The molecule has 1 atom stereocenters. The van der Waals surface area contributed by atoms with E-state index in [1.165, 1.54) is 16.5 Å². The van der Waals surface area contributed by atoms with E-state index in [1.807, 2.05) is 26.2 Å². The number of aryl methyl sites for hydroxylation is 3. The molecule has 0 radical (unpaired) electrons. The number of benzene rings is 2. The van der Waals surface area contributed by atoms with Crippen LogP contribution in [0.4, 0.5) is 10.5 Å². The summed E-state index contributed by atoms with van der Waals surface area (Å²) in [6.45, 7) is 1.95. The van der Waals surface area contributed by atoms with E-state index in [-0.39, 0.29) is 12.1 Å². The number of nitrogens with one attached hydrogen (secondary N) is 2. The smallest absolute Gasteiger partial charge is 0.319 e. The Morgan fingerprint density at radius 1 is 1.21 bits per heavy atom. The number of nitrogens with zero attached hydrogens (tertiary/aromatic N) is 2. The van der Waals surface area contributed by atoms with E-state index in [1.54, 1.807) is 10.9 Å². The lowest BCUT2D eigenvalue weighted by Gasteiger charge is -2.15. The van der Waals surface area contributed by atoms with Crippen molar-refractivity contribution in [3.63, 3.8) is 0 Å². The molecule has 1 aromatic heterocycles. The van der Waals surface area contributed by atoms with Gasteiger partial charge in [0, 0.05) is 24.2 Å². The lowest BCUT2D eigenvalue weighted by Crippen LogP contribution is -2.31. The standard InChI is InChI=1S/C19H20N4O/c1-12(15-10-20-23(2)11-15)21-19(24)22-17-9-8-14-7-6-13-4-3-5-16(17)18(13)14/h3-5,8-12H,6-7H2,1-2H3,(H2,21,22,24). The molecule has 0 saturated heterocycles. The molecule has 1 unspecified atom stereocenters. The van der Waals surface area contributed by atoms with Crippen molar-refractivity contribution in [2.75, 3.05) is 5.32 Å². The molecule has 5 nitrogen and oxygen atoms in total. The zero-order chi connectivity index (χ0) is 16.7. The molecule has 5 heteroatoms. The molecule has 1 aliphatic rings. The fourth-order valence-corrected chi connectivity index (χ4v) is 3.46. The van der Waals surface area contributed by atoms with Crippen LogP contribution in [0.5, 0.6) is 0 Å². The van der Waals surface area contributed by atoms with Crippen molar-refractivity contribution in [2.45, 2.75) is 25.8 Å². The van der Waals surface area contributed by atoms with Crippen LogP contribution in [-0.4, -0.2) is 15.8 Å². The topological polar surface area (TPSA) is 59.0 Å². The minimum Gasteiger partial charge on any atom is -0.331 e. The summed E-state index contributed by atoms with van der Waals surface area (Å²) in [5, 5.41) is 12.5. The first kappa shape index (κ1) is 14.8. The molecule has 0 aliphatic heterocycles. The van der Waals surface area contributed by atoms with Crippen LogP contribution < -0.4 is 10.6 Å². The average Bonchev–Trinajstić information content (AvgIpc) is 3.18. The molecule has 0 spiro atoms. The van der Waals surface area contributed by atoms with E-state index in [2.05, 4.69) is 40.0 Å². The molecule has 0 fully saturated rings. The van der Waals surface area contributed by atoms with Crippen LogP contribution in [0.1, 0.15) is 29.7 Å². The number of hydrogen-bond donors (Lipinski definition) is 2. The highest BCUT2D eigenvalue weighted by molar-refractivity contribution is 6.04. The zero-order valence-corrected chi connectivity index (χ0v) is 13.8. The van der Waals surface area contributed by atoms with Crippen LogP contribution in [0.2, 0.25) is 0 Å². The van der Waals surface area contributed by atoms with Gasteiger partial charge < -0.3 is 10.6 Å². The average molecular weight is 320 g/mol. The first-order valence-electron chi connectivity index (χ1n) is 8.21. The molecular formula is C19H20N4O. The van der Waals surface area contributed by atoms with Gasteiger partial charge in [0.2, 0.25) is 0 Å². The third-order valence-corrected chi connectivity index (χ3v) is 4.70. The van der Waals surface area contributed by atoms with Crippen LogP contribution >= 0.6 is 0 Å². The van der Waals surface area contributed by atoms with Gasteiger partial charge in [-0.15, -0.1) is 0 Å². The number of aromatic nitrogens is 2. The monoisotopic (exact) mass is 320 g/mol. The van der Waals surface area contributed by atoms with Gasteiger partial charge in [-0.1, -0.05) is 24.3 Å². The maximum atomic E-state index is 12.4. The van der Waals surface area contributed by atoms with Crippen molar-refractivity contribution >= 4 is 22.5 Å². The van der Waals surface area contributed by atoms with Crippen molar-refractivity contribution in [2.24, 2.45) is 7.05 Å². The molecule has 2 aromatic carbocycles. The predicted octanol–water partition coefficient (Wildman–Crippen LogP) is 3.55. The normalized spacial score (nSPS) is 13.9. The van der Waals surface area contributed by atoms with Crippen LogP contribution in [0.15, 0.2) is 42.7 Å². The Morgan fingerprint density at radius 2 is 2.00 bits per heavy atom. The largest absolute Gasteiger partial charge is 0.331 e. The van der Waals surface area contributed by atoms with E-state index in [4.69, 9.17) is 0 Å². The van der Waals surface area contributed by atoms with E-state index < -0.39 is 0 Å². The SMILES string of the molecule is CC(NC(=O)Nc1ccc2c3c(cccc13)CC2)c1cnn(C)c1. The van der Waals surface area contributed by atoms with Crippen molar-refractivity contribution in [1.82, 2.24) is 15.1 Å². The second kappa shape index (κ2) is 5.67. The fourth-order valence-electron chi connectivity index (χ4n) is 3.46. The zero-order valence-electron chi connectivity index (χ0n) is 13.8. The molecule has 0 saturated carbocycles. The van der Waals surface area contributed by atoms with Crippen molar-refractivity contribution in [3.05, 3.63) is 59.4 Å². The lowest BCUT2D eigenvalue weighted by molar-refractivity contribution is 0.249. The number of amides is 2. The Balaban J connectivity index is 1.55. The minimum absolute atomic E-state index is 0.101. The Morgan fingerprint density at radius 3 is 2.75 bits per heavy atom. The first-order chi connectivity index (χ1) is 11.6. The Kier molecular flexibility index (Phi) is 3.49. The highest BCUT2D eigenvalue weighted by atomic mass is 16.2. The van der Waals surface area contributed by atoms with Crippen LogP contribution in [0.25, 0.3) is 10.8 Å². The maximum absolute atomic E-state index is 12.4.